The number of hydrogen-bond acceptors (Lipinski definition) is 4. The van der Waals surface area contributed by atoms with Gasteiger partial charge in [0.05, 0.1) is 0 Å². The van der Waals surface area contributed by atoms with Crippen molar-refractivity contribution in [3.63, 3.8) is 0 Å². The molecule has 2 atom stereocenters. The number of rotatable bonds is 4. The number of hydrogen-bond donors (Lipinski definition) is 2. The first-order chi connectivity index (χ1) is 5.11. The number of thiol groups is 1. The molecule has 0 aliphatic carbocycles. The number of ether oxygens (including phenoxy) is 1. The zero-order valence-electron chi connectivity index (χ0n) is 5.90. The summed E-state index contributed by atoms with van der Waals surface area (Å²) in [5.41, 5.74) is 0. The topological polar surface area (TPSA) is 63.6 Å². The molecule has 0 radical (unpaired) electrons. The second-order valence-electron chi connectivity index (χ2n) is 1.71. The Labute approximate surface area is 76.4 Å². The molecule has 0 aliphatic heterocycles. The predicted molar refractivity (Wildman–Crippen MR) is 44.8 cm³/mol. The fraction of sp³-hybridized carbons (Fsp3) is 0.600. The van der Waals surface area contributed by atoms with Crippen LogP contribution in [0.1, 0.15) is 0 Å². The molecule has 0 amide bonds. The predicted octanol–water partition coefficient (Wildman–Crippen LogP) is -0.00780. The van der Waals surface area contributed by atoms with Crippen molar-refractivity contribution in [1.82, 2.24) is 0 Å². The van der Waals surface area contributed by atoms with E-state index in [1.54, 1.807) is 0 Å². The van der Waals surface area contributed by atoms with Crippen molar-refractivity contribution >= 4 is 39.1 Å². The molecule has 0 heterocycles. The van der Waals surface area contributed by atoms with E-state index in [1.165, 1.54) is 7.11 Å². The Morgan fingerprint density at radius 1 is 1.73 bits per heavy atom. The van der Waals surface area contributed by atoms with Crippen LogP contribution >= 0.6 is 12.6 Å². The molecule has 0 rings (SSSR count). The maximum atomic E-state index is 10.6. The van der Waals surface area contributed by atoms with Gasteiger partial charge in [-0.05, 0) is 0 Å². The molecular weight excluding hydrogens is 231 g/mol. The van der Waals surface area contributed by atoms with E-state index >= 15 is 0 Å². The molecular formula is C5H9AsO4S. The zero-order valence-corrected chi connectivity index (χ0v) is 8.90. The Morgan fingerprint density at radius 2 is 2.27 bits per heavy atom. The first-order valence-electron chi connectivity index (χ1n) is 2.80. The quantitative estimate of drug-likeness (QED) is 0.536. The molecule has 0 fully saturated rings. The number of carboxylic acid groups (broad SMARTS) is 1. The molecule has 6 heteroatoms. The third kappa shape index (κ3) is 4.32. The third-order valence-electron chi connectivity index (χ3n) is 0.958. The Bertz CT molecular complexity index is 161. The van der Waals surface area contributed by atoms with Crippen LogP contribution in [0.3, 0.4) is 0 Å². The molecule has 0 aromatic rings. The fourth-order valence-electron chi connectivity index (χ4n) is 0.387. The summed E-state index contributed by atoms with van der Waals surface area (Å²) in [5.74, 6) is -0.768. The van der Waals surface area contributed by atoms with Crippen molar-refractivity contribution in [3.8, 4) is 0 Å². The van der Waals surface area contributed by atoms with E-state index in [9.17, 15) is 9.59 Å². The van der Waals surface area contributed by atoms with Crippen molar-refractivity contribution in [1.29, 1.82) is 0 Å². The summed E-state index contributed by atoms with van der Waals surface area (Å²) in [4.78, 5) is 21.0. The van der Waals surface area contributed by atoms with Crippen molar-refractivity contribution < 1.29 is 19.4 Å². The minimum atomic E-state index is -1.21. The van der Waals surface area contributed by atoms with Crippen molar-refractivity contribution in [2.24, 2.45) is 0 Å². The molecule has 0 saturated heterocycles. The Morgan fingerprint density at radius 3 is 2.55 bits per heavy atom. The van der Waals surface area contributed by atoms with Crippen LogP contribution in [0.5, 0.6) is 0 Å². The van der Waals surface area contributed by atoms with Gasteiger partial charge in [0.1, 0.15) is 0 Å². The summed E-state index contributed by atoms with van der Waals surface area (Å²) in [6.07, 6.45) is 0. The average molecular weight is 240 g/mol. The van der Waals surface area contributed by atoms with Gasteiger partial charge in [0.2, 0.25) is 0 Å². The number of aliphatic carboxylic acids is 1. The van der Waals surface area contributed by atoms with Crippen LogP contribution in [0.25, 0.3) is 0 Å². The SMILES string of the molecule is COC(=O)[AsH][C@@H](CS)C(=O)O. The first kappa shape index (κ1) is 10.8. The van der Waals surface area contributed by atoms with Gasteiger partial charge in [-0.15, -0.1) is 0 Å². The standard InChI is InChI=1S/C5H9AsO4S/c1-10-5(9)6-3(2-11)4(7)8/h3,6,11H,2H2,1H3,(H,7,8)/t3-/m0/s1. The van der Waals surface area contributed by atoms with Crippen LogP contribution in [-0.4, -0.2) is 44.4 Å². The van der Waals surface area contributed by atoms with Gasteiger partial charge in [-0.25, -0.2) is 0 Å². The first-order valence-corrected chi connectivity index (χ1v) is 5.69. The fourth-order valence-corrected chi connectivity index (χ4v) is 2.31. The Hall–Kier alpha value is -0.152. The summed E-state index contributed by atoms with van der Waals surface area (Å²) in [5, 5.41) is 8.49. The van der Waals surface area contributed by atoms with E-state index in [-0.39, 0.29) is 5.75 Å². The number of carbonyl (C=O) groups is 2. The van der Waals surface area contributed by atoms with Gasteiger partial charge < -0.3 is 0 Å². The molecule has 0 bridgehead atoms. The van der Waals surface area contributed by atoms with E-state index in [2.05, 4.69) is 17.4 Å². The van der Waals surface area contributed by atoms with Crippen LogP contribution in [0.15, 0.2) is 0 Å². The van der Waals surface area contributed by atoms with E-state index in [0.29, 0.717) is 0 Å². The Kier molecular flexibility index (Phi) is 5.42. The van der Waals surface area contributed by atoms with E-state index in [1.807, 2.05) is 0 Å². The molecule has 0 aromatic heterocycles. The number of methoxy groups -OCH3 is 1. The average Bonchev–Trinajstić information content (AvgIpc) is 1.99. The summed E-state index contributed by atoms with van der Waals surface area (Å²) in [6.45, 7) is 0. The van der Waals surface area contributed by atoms with E-state index < -0.39 is 31.2 Å². The zero-order chi connectivity index (χ0) is 8.85. The monoisotopic (exact) mass is 240 g/mol. The summed E-state index contributed by atoms with van der Waals surface area (Å²) in [6, 6.07) is 0. The normalized spacial score (nSPS) is 13.3. The van der Waals surface area contributed by atoms with Gasteiger partial charge in [0.25, 0.3) is 0 Å². The molecule has 1 N–H and O–H groups in total. The second-order valence-corrected chi connectivity index (χ2v) is 5.00. The third-order valence-corrected chi connectivity index (χ3v) is 4.64. The molecule has 4 nitrogen and oxygen atoms in total. The molecule has 0 saturated carbocycles. The second kappa shape index (κ2) is 5.49. The number of carboxylic acids is 1. The Balaban J connectivity index is 3.88. The van der Waals surface area contributed by atoms with Gasteiger partial charge in [-0.3, -0.25) is 0 Å². The van der Waals surface area contributed by atoms with Crippen molar-refractivity contribution in [2.45, 2.75) is 4.71 Å². The molecule has 1 unspecified atom stereocenters. The van der Waals surface area contributed by atoms with Crippen LogP contribution in [0.4, 0.5) is 4.79 Å². The number of carbonyl (C=O) groups excluding carboxylic acids is 1. The molecule has 11 heavy (non-hydrogen) atoms. The minimum absolute atomic E-state index is 0.199. The molecule has 0 spiro atoms. The van der Waals surface area contributed by atoms with Crippen LogP contribution < -0.4 is 0 Å². The van der Waals surface area contributed by atoms with Gasteiger partial charge in [0.15, 0.2) is 0 Å². The summed E-state index contributed by atoms with van der Waals surface area (Å²) < 4.78 is 3.34. The van der Waals surface area contributed by atoms with Crippen LogP contribution in [0.2, 0.25) is 4.71 Å². The summed E-state index contributed by atoms with van der Waals surface area (Å²) >= 11 is 2.60. The van der Waals surface area contributed by atoms with E-state index in [4.69, 9.17) is 5.11 Å². The van der Waals surface area contributed by atoms with E-state index in [0.717, 1.165) is 0 Å². The van der Waals surface area contributed by atoms with Gasteiger partial charge >= 0.3 is 76.1 Å². The molecule has 64 valence electrons. The van der Waals surface area contributed by atoms with Crippen molar-refractivity contribution in [3.05, 3.63) is 0 Å². The van der Waals surface area contributed by atoms with Crippen LogP contribution in [0, 0.1) is 0 Å². The maximum absolute atomic E-state index is 10.6. The van der Waals surface area contributed by atoms with Crippen LogP contribution in [-0.2, 0) is 9.53 Å². The molecule has 0 aromatic carbocycles. The summed E-state index contributed by atoms with van der Waals surface area (Å²) in [7, 11) is 1.25. The van der Waals surface area contributed by atoms with Gasteiger partial charge in [-0.1, -0.05) is 0 Å². The van der Waals surface area contributed by atoms with Crippen molar-refractivity contribution in [2.75, 3.05) is 12.9 Å². The molecule has 0 aliphatic rings. The van der Waals surface area contributed by atoms with Gasteiger partial charge in [0, 0.05) is 0 Å². The van der Waals surface area contributed by atoms with Gasteiger partial charge in [-0.2, -0.15) is 0 Å².